The highest BCUT2D eigenvalue weighted by Gasteiger charge is 2.27. The number of nitrogens with zero attached hydrogens (tertiary/aromatic N) is 1. The van der Waals surface area contributed by atoms with Crippen LogP contribution in [0.4, 0.5) is 4.79 Å². The summed E-state index contributed by atoms with van der Waals surface area (Å²) in [6, 6.07) is 6.25. The number of carbonyl (C=O) groups is 1. The third kappa shape index (κ3) is 2.00. The van der Waals surface area contributed by atoms with Gasteiger partial charge in [-0.05, 0) is 30.2 Å². The smallest absolute Gasteiger partial charge is 0.317 e. The molecule has 1 atom stereocenters. The minimum atomic E-state index is -0.000578. The van der Waals surface area contributed by atoms with E-state index >= 15 is 0 Å². The van der Waals surface area contributed by atoms with Crippen LogP contribution in [0.15, 0.2) is 22.7 Å². The first-order valence-corrected chi connectivity index (χ1v) is 5.65. The number of aryl methyl sites for hydroxylation is 1. The molecule has 3 nitrogen and oxygen atoms in total. The van der Waals surface area contributed by atoms with E-state index in [1.807, 2.05) is 13.1 Å². The van der Waals surface area contributed by atoms with Crippen LogP contribution in [0.25, 0.3) is 0 Å². The Balaban J connectivity index is 2.30. The molecule has 0 aliphatic carbocycles. The SMILES string of the molecule is Cc1ccc(Br)cc1C1CN(C)C(=O)N1. The van der Waals surface area contributed by atoms with Crippen LogP contribution in [-0.4, -0.2) is 24.5 Å². The lowest BCUT2D eigenvalue weighted by atomic mass is 10.0. The standard InChI is InChI=1S/C11H13BrN2O/c1-7-3-4-8(12)5-9(7)10-6-14(2)11(15)13-10/h3-5,10H,6H2,1-2H3,(H,13,15). The van der Waals surface area contributed by atoms with Crippen molar-refractivity contribution >= 4 is 22.0 Å². The number of halogens is 1. The summed E-state index contributed by atoms with van der Waals surface area (Å²) in [5.74, 6) is 0. The summed E-state index contributed by atoms with van der Waals surface area (Å²) in [5, 5.41) is 2.95. The van der Waals surface area contributed by atoms with Gasteiger partial charge in [0.25, 0.3) is 0 Å². The highest BCUT2D eigenvalue weighted by Crippen LogP contribution is 2.25. The highest BCUT2D eigenvalue weighted by molar-refractivity contribution is 9.10. The van der Waals surface area contributed by atoms with E-state index in [0.717, 1.165) is 11.0 Å². The lowest BCUT2D eigenvalue weighted by Crippen LogP contribution is -2.24. The molecular weight excluding hydrogens is 256 g/mol. The van der Waals surface area contributed by atoms with Crippen LogP contribution < -0.4 is 5.32 Å². The molecule has 2 rings (SSSR count). The van der Waals surface area contributed by atoms with Crippen LogP contribution >= 0.6 is 15.9 Å². The Labute approximate surface area is 97.6 Å². The summed E-state index contributed by atoms with van der Waals surface area (Å²) in [6.45, 7) is 2.79. The van der Waals surface area contributed by atoms with Crippen molar-refractivity contribution in [1.82, 2.24) is 10.2 Å². The number of urea groups is 1. The maximum absolute atomic E-state index is 11.4. The summed E-state index contributed by atoms with van der Waals surface area (Å²) in [5.41, 5.74) is 2.39. The molecule has 1 unspecified atom stereocenters. The Bertz CT molecular complexity index is 406. The third-order valence-corrected chi connectivity index (χ3v) is 3.21. The van der Waals surface area contributed by atoms with Gasteiger partial charge in [-0.2, -0.15) is 0 Å². The number of carbonyl (C=O) groups excluding carboxylic acids is 1. The molecule has 1 fully saturated rings. The first-order valence-electron chi connectivity index (χ1n) is 4.85. The van der Waals surface area contributed by atoms with Crippen molar-refractivity contribution in [1.29, 1.82) is 0 Å². The van der Waals surface area contributed by atoms with E-state index in [2.05, 4.69) is 40.3 Å². The van der Waals surface area contributed by atoms with E-state index in [1.165, 1.54) is 11.1 Å². The van der Waals surface area contributed by atoms with Gasteiger partial charge in [-0.3, -0.25) is 0 Å². The molecule has 1 saturated heterocycles. The summed E-state index contributed by atoms with van der Waals surface area (Å²) >= 11 is 3.45. The van der Waals surface area contributed by atoms with Crippen molar-refractivity contribution in [2.45, 2.75) is 13.0 Å². The van der Waals surface area contributed by atoms with Crippen molar-refractivity contribution in [2.24, 2.45) is 0 Å². The number of hydrogen-bond donors (Lipinski definition) is 1. The molecule has 0 spiro atoms. The van der Waals surface area contributed by atoms with Crippen molar-refractivity contribution in [2.75, 3.05) is 13.6 Å². The van der Waals surface area contributed by atoms with Gasteiger partial charge in [0.05, 0.1) is 6.04 Å². The molecular formula is C11H13BrN2O. The molecule has 0 bridgehead atoms. The molecule has 1 aliphatic heterocycles. The van der Waals surface area contributed by atoms with Crippen molar-refractivity contribution in [3.63, 3.8) is 0 Å². The van der Waals surface area contributed by atoms with Gasteiger partial charge >= 0.3 is 6.03 Å². The molecule has 1 N–H and O–H groups in total. The van der Waals surface area contributed by atoms with E-state index < -0.39 is 0 Å². The number of benzene rings is 1. The predicted molar refractivity (Wildman–Crippen MR) is 62.8 cm³/mol. The second-order valence-corrected chi connectivity index (χ2v) is 4.80. The van der Waals surface area contributed by atoms with Gasteiger partial charge in [0, 0.05) is 18.1 Å². The van der Waals surface area contributed by atoms with Crippen LogP contribution in [-0.2, 0) is 0 Å². The Morgan fingerprint density at radius 2 is 2.27 bits per heavy atom. The number of amides is 2. The Morgan fingerprint density at radius 3 is 2.87 bits per heavy atom. The fourth-order valence-electron chi connectivity index (χ4n) is 1.82. The van der Waals surface area contributed by atoms with Gasteiger partial charge in [-0.25, -0.2) is 4.79 Å². The summed E-state index contributed by atoms with van der Waals surface area (Å²) < 4.78 is 1.05. The molecule has 1 aliphatic rings. The number of likely N-dealkylation sites (N-methyl/N-ethyl adjacent to an activating group) is 1. The normalized spacial score (nSPS) is 20.6. The molecule has 2 amide bonds. The molecule has 4 heteroatoms. The minimum absolute atomic E-state index is 0.000578. The molecule has 1 aromatic rings. The largest absolute Gasteiger partial charge is 0.329 e. The molecule has 15 heavy (non-hydrogen) atoms. The predicted octanol–water partition coefficient (Wildman–Crippen LogP) is 2.45. The third-order valence-electron chi connectivity index (χ3n) is 2.72. The topological polar surface area (TPSA) is 32.3 Å². The summed E-state index contributed by atoms with van der Waals surface area (Å²) in [7, 11) is 1.81. The second kappa shape index (κ2) is 3.85. The van der Waals surface area contributed by atoms with E-state index in [1.54, 1.807) is 4.90 Å². The Morgan fingerprint density at radius 1 is 1.53 bits per heavy atom. The Kier molecular flexibility index (Phi) is 2.69. The number of nitrogens with one attached hydrogen (secondary N) is 1. The van der Waals surface area contributed by atoms with Crippen LogP contribution in [0.3, 0.4) is 0 Å². The minimum Gasteiger partial charge on any atom is -0.329 e. The molecule has 80 valence electrons. The monoisotopic (exact) mass is 268 g/mol. The molecule has 1 aromatic carbocycles. The number of hydrogen-bond acceptors (Lipinski definition) is 1. The molecule has 0 saturated carbocycles. The maximum atomic E-state index is 11.4. The van der Waals surface area contributed by atoms with Crippen LogP contribution in [0.5, 0.6) is 0 Å². The summed E-state index contributed by atoms with van der Waals surface area (Å²) in [4.78, 5) is 13.1. The van der Waals surface area contributed by atoms with Crippen LogP contribution in [0.2, 0.25) is 0 Å². The van der Waals surface area contributed by atoms with Crippen LogP contribution in [0, 0.1) is 6.92 Å². The number of rotatable bonds is 1. The molecule has 0 radical (unpaired) electrons. The highest BCUT2D eigenvalue weighted by atomic mass is 79.9. The van der Waals surface area contributed by atoms with Gasteiger partial charge < -0.3 is 10.2 Å². The lowest BCUT2D eigenvalue weighted by Gasteiger charge is -2.13. The van der Waals surface area contributed by atoms with E-state index in [0.29, 0.717) is 0 Å². The van der Waals surface area contributed by atoms with E-state index in [9.17, 15) is 4.79 Å². The van der Waals surface area contributed by atoms with Crippen molar-refractivity contribution in [3.05, 3.63) is 33.8 Å². The average molecular weight is 269 g/mol. The first-order chi connectivity index (χ1) is 7.08. The van der Waals surface area contributed by atoms with Gasteiger partial charge in [-0.1, -0.05) is 22.0 Å². The molecule has 0 aromatic heterocycles. The Hall–Kier alpha value is -1.03. The fourth-order valence-corrected chi connectivity index (χ4v) is 2.20. The zero-order valence-corrected chi connectivity index (χ0v) is 10.3. The van der Waals surface area contributed by atoms with Gasteiger partial charge in [0.1, 0.15) is 0 Å². The van der Waals surface area contributed by atoms with Gasteiger partial charge in [0.2, 0.25) is 0 Å². The zero-order chi connectivity index (χ0) is 11.0. The van der Waals surface area contributed by atoms with Crippen molar-refractivity contribution in [3.8, 4) is 0 Å². The van der Waals surface area contributed by atoms with Gasteiger partial charge in [-0.15, -0.1) is 0 Å². The molecule has 1 heterocycles. The van der Waals surface area contributed by atoms with Crippen LogP contribution in [0.1, 0.15) is 17.2 Å². The second-order valence-electron chi connectivity index (χ2n) is 3.88. The zero-order valence-electron chi connectivity index (χ0n) is 8.75. The quantitative estimate of drug-likeness (QED) is 0.834. The van der Waals surface area contributed by atoms with E-state index in [4.69, 9.17) is 0 Å². The summed E-state index contributed by atoms with van der Waals surface area (Å²) in [6.07, 6.45) is 0. The lowest BCUT2D eigenvalue weighted by molar-refractivity contribution is 0.226. The van der Waals surface area contributed by atoms with Gasteiger partial charge in [0.15, 0.2) is 0 Å². The first kappa shape index (κ1) is 10.5. The maximum Gasteiger partial charge on any atom is 0.317 e. The van der Waals surface area contributed by atoms with Crippen molar-refractivity contribution < 1.29 is 4.79 Å². The van der Waals surface area contributed by atoms with E-state index in [-0.39, 0.29) is 12.1 Å². The fraction of sp³-hybridized carbons (Fsp3) is 0.364. The average Bonchev–Trinajstić information content (AvgIpc) is 2.51.